The molecule has 2 aromatic carbocycles. The standard InChI is InChI=1S/C28H41N3O5.C16H21N3O3/c1-4-5-6-7-15-35-27(33)23-9-8-12-31(23)22-10-13-30(14-11-22)26(32)20(3)17-21-16-19(2)25-24(18-21)36-28(34)29-25;1-22-16(21)18-9-7-13(8-10-18)19-11-6-12-4-2-3-5-14(12)17-15(19)20/h16,18,20,22-23H,4-15,17H2,1-3H3,(H,29,34);2-5,13H,6-11H2,1H3,(H,17,20)/t20-,23+;/m1./s1. The molecular formula is C44H62N6O8. The predicted molar refractivity (Wildman–Crippen MR) is 222 cm³/mol. The number of para-hydroxylation sites is 1. The van der Waals surface area contributed by atoms with Crippen LogP contribution < -0.4 is 11.1 Å². The lowest BCUT2D eigenvalue weighted by atomic mass is 9.96. The summed E-state index contributed by atoms with van der Waals surface area (Å²) in [5.74, 6) is -0.531. The van der Waals surface area contributed by atoms with E-state index in [4.69, 9.17) is 13.9 Å². The van der Waals surface area contributed by atoms with Crippen molar-refractivity contribution in [3.05, 3.63) is 63.6 Å². The molecule has 7 rings (SSSR count). The van der Waals surface area contributed by atoms with E-state index >= 15 is 0 Å². The van der Waals surface area contributed by atoms with Crippen molar-refractivity contribution >= 4 is 40.8 Å². The number of oxazole rings is 1. The van der Waals surface area contributed by atoms with E-state index in [0.29, 0.717) is 62.9 Å². The van der Waals surface area contributed by atoms with Gasteiger partial charge >= 0.3 is 23.8 Å². The zero-order chi connectivity index (χ0) is 41.2. The second-order valence-electron chi connectivity index (χ2n) is 16.3. The summed E-state index contributed by atoms with van der Waals surface area (Å²) in [5, 5.41) is 3.00. The number of hydrogen-bond acceptors (Lipinski definition) is 9. The van der Waals surface area contributed by atoms with Crippen LogP contribution in [-0.2, 0) is 31.9 Å². The minimum atomic E-state index is -0.460. The molecule has 2 atom stereocenters. The van der Waals surface area contributed by atoms with Gasteiger partial charge in [-0.3, -0.25) is 19.5 Å². The summed E-state index contributed by atoms with van der Waals surface area (Å²) < 4.78 is 15.6. The van der Waals surface area contributed by atoms with E-state index in [0.717, 1.165) is 81.1 Å². The highest BCUT2D eigenvalue weighted by molar-refractivity contribution is 5.91. The lowest BCUT2D eigenvalue weighted by molar-refractivity contribution is -0.151. The largest absolute Gasteiger partial charge is 0.465 e. The molecule has 2 N–H and O–H groups in total. The maximum absolute atomic E-state index is 13.2. The van der Waals surface area contributed by atoms with Crippen molar-refractivity contribution < 1.29 is 33.1 Å². The SMILES string of the molecule is CCCCCCOC(=O)[C@@H]1CCCN1C1CCN(C(=O)[C@H](C)Cc2cc(C)c3[nH]c(=O)oc3c2)CC1.COC(=O)N1CCC(N2CCc3ccccc3NC2=O)CC1. The smallest absolute Gasteiger partial charge is 0.417 e. The van der Waals surface area contributed by atoms with Gasteiger partial charge in [0.1, 0.15) is 6.04 Å². The Morgan fingerprint density at radius 1 is 0.897 bits per heavy atom. The van der Waals surface area contributed by atoms with Gasteiger partial charge in [-0.2, -0.15) is 0 Å². The van der Waals surface area contributed by atoms with E-state index in [1.54, 1.807) is 4.90 Å². The molecular weight excluding hydrogens is 741 g/mol. The first-order valence-corrected chi connectivity index (χ1v) is 21.4. The molecule has 4 aliphatic heterocycles. The summed E-state index contributed by atoms with van der Waals surface area (Å²) in [5.41, 5.74) is 5.26. The van der Waals surface area contributed by atoms with Crippen molar-refractivity contribution in [1.29, 1.82) is 0 Å². The van der Waals surface area contributed by atoms with Crippen LogP contribution >= 0.6 is 0 Å². The van der Waals surface area contributed by atoms with Crippen LogP contribution in [0.1, 0.15) is 94.7 Å². The summed E-state index contributed by atoms with van der Waals surface area (Å²) in [6.45, 7) is 10.9. The topological polar surface area (TPSA) is 158 Å². The third kappa shape index (κ3) is 10.6. The highest BCUT2D eigenvalue weighted by atomic mass is 16.5. The van der Waals surface area contributed by atoms with Gasteiger partial charge in [-0.15, -0.1) is 0 Å². The van der Waals surface area contributed by atoms with Gasteiger partial charge in [0, 0.05) is 56.4 Å². The number of carbonyl (C=O) groups excluding carboxylic acids is 4. The van der Waals surface area contributed by atoms with Gasteiger partial charge in [0.05, 0.1) is 19.2 Å². The average molecular weight is 803 g/mol. The van der Waals surface area contributed by atoms with Crippen LogP contribution in [0.2, 0.25) is 0 Å². The highest BCUT2D eigenvalue weighted by Crippen LogP contribution is 2.29. The molecule has 14 nitrogen and oxygen atoms in total. The number of aromatic nitrogens is 1. The number of fused-ring (bicyclic) bond motifs is 2. The number of urea groups is 1. The number of rotatable bonds is 11. The normalized spacial score (nSPS) is 19.8. The maximum Gasteiger partial charge on any atom is 0.417 e. The minimum Gasteiger partial charge on any atom is -0.465 e. The number of methoxy groups -OCH3 is 1. The molecule has 3 fully saturated rings. The van der Waals surface area contributed by atoms with E-state index < -0.39 is 5.76 Å². The van der Waals surface area contributed by atoms with E-state index in [-0.39, 0.29) is 42.0 Å². The molecule has 0 radical (unpaired) electrons. The number of esters is 1. The van der Waals surface area contributed by atoms with Crippen LogP contribution in [0.15, 0.2) is 45.6 Å². The molecule has 4 amide bonds. The first-order valence-electron chi connectivity index (χ1n) is 21.4. The number of unbranched alkanes of at least 4 members (excludes halogenated alkanes) is 3. The first kappa shape index (κ1) is 42.7. The number of likely N-dealkylation sites (tertiary alicyclic amines) is 3. The number of anilines is 1. The third-order valence-electron chi connectivity index (χ3n) is 12.3. The molecule has 5 heterocycles. The Morgan fingerprint density at radius 3 is 2.36 bits per heavy atom. The number of aromatic amines is 1. The molecule has 0 spiro atoms. The lowest BCUT2D eigenvalue weighted by Crippen LogP contribution is -2.51. The van der Waals surface area contributed by atoms with Crippen LogP contribution in [0.25, 0.3) is 11.1 Å². The first-order chi connectivity index (χ1) is 28.1. The molecule has 0 saturated carbocycles. The molecule has 14 heteroatoms. The number of ether oxygens (including phenoxy) is 2. The molecule has 58 heavy (non-hydrogen) atoms. The van der Waals surface area contributed by atoms with Crippen LogP contribution in [0.4, 0.5) is 15.3 Å². The summed E-state index contributed by atoms with van der Waals surface area (Å²) in [6.07, 6.45) is 10.8. The van der Waals surface area contributed by atoms with Crippen molar-refractivity contribution in [1.82, 2.24) is 24.6 Å². The van der Waals surface area contributed by atoms with Gasteiger partial charge in [0.25, 0.3) is 0 Å². The van der Waals surface area contributed by atoms with Crippen molar-refractivity contribution in [2.75, 3.05) is 58.3 Å². The molecule has 0 aliphatic carbocycles. The molecule has 0 unspecified atom stereocenters. The van der Waals surface area contributed by atoms with E-state index in [9.17, 15) is 24.0 Å². The van der Waals surface area contributed by atoms with Crippen LogP contribution in [0, 0.1) is 12.8 Å². The monoisotopic (exact) mass is 802 g/mol. The zero-order valence-electron chi connectivity index (χ0n) is 34.8. The third-order valence-corrected chi connectivity index (χ3v) is 12.3. The number of hydrogen-bond donors (Lipinski definition) is 2. The van der Waals surface area contributed by atoms with Crippen molar-refractivity contribution in [3.8, 4) is 0 Å². The fraction of sp³-hybridized carbons (Fsp3) is 0.614. The van der Waals surface area contributed by atoms with Gasteiger partial charge in [-0.05, 0) is 100 Å². The molecule has 316 valence electrons. The molecule has 3 aromatic rings. The summed E-state index contributed by atoms with van der Waals surface area (Å²) in [4.78, 5) is 72.1. The number of aryl methyl sites for hydroxylation is 1. The zero-order valence-corrected chi connectivity index (χ0v) is 34.8. The molecule has 0 bridgehead atoms. The number of benzene rings is 2. The molecule has 1 aromatic heterocycles. The highest BCUT2D eigenvalue weighted by Gasteiger charge is 2.38. The summed E-state index contributed by atoms with van der Waals surface area (Å²) in [7, 11) is 1.40. The average Bonchev–Trinajstić information content (AvgIpc) is 3.84. The number of amides is 4. The fourth-order valence-electron chi connectivity index (χ4n) is 9.09. The van der Waals surface area contributed by atoms with Crippen molar-refractivity contribution in [2.45, 2.75) is 116 Å². The minimum absolute atomic E-state index is 0.0403. The quantitative estimate of drug-likeness (QED) is 0.163. The van der Waals surface area contributed by atoms with Gasteiger partial charge in [-0.1, -0.05) is 57.4 Å². The Morgan fingerprint density at radius 2 is 1.62 bits per heavy atom. The van der Waals surface area contributed by atoms with Crippen LogP contribution in [-0.4, -0.2) is 120 Å². The summed E-state index contributed by atoms with van der Waals surface area (Å²) >= 11 is 0. The second kappa shape index (κ2) is 20.2. The van der Waals surface area contributed by atoms with E-state index in [2.05, 4.69) is 28.2 Å². The Balaban J connectivity index is 0.000000220. The van der Waals surface area contributed by atoms with Crippen LogP contribution in [0.5, 0.6) is 0 Å². The van der Waals surface area contributed by atoms with Crippen LogP contribution in [0.3, 0.4) is 0 Å². The maximum atomic E-state index is 13.2. The summed E-state index contributed by atoms with van der Waals surface area (Å²) in [6, 6.07) is 12.1. The van der Waals surface area contributed by atoms with Gasteiger partial charge in [-0.25, -0.2) is 14.4 Å². The Kier molecular flexibility index (Phi) is 14.9. The van der Waals surface area contributed by atoms with E-state index in [1.165, 1.54) is 25.5 Å². The van der Waals surface area contributed by atoms with Gasteiger partial charge < -0.3 is 33.9 Å². The predicted octanol–water partition coefficient (Wildman–Crippen LogP) is 6.49. The fourth-order valence-corrected chi connectivity index (χ4v) is 9.09. The second-order valence-corrected chi connectivity index (χ2v) is 16.3. The van der Waals surface area contributed by atoms with Gasteiger partial charge in [0.15, 0.2) is 5.58 Å². The lowest BCUT2D eigenvalue weighted by Gasteiger charge is -2.39. The number of piperidine rings is 2. The Bertz CT molecular complexity index is 1930. The number of carbonyl (C=O) groups is 4. The molecule has 3 saturated heterocycles. The Labute approximate surface area is 341 Å². The van der Waals surface area contributed by atoms with Crippen molar-refractivity contribution in [2.24, 2.45) is 5.92 Å². The van der Waals surface area contributed by atoms with Crippen molar-refractivity contribution in [3.63, 3.8) is 0 Å². The number of nitrogens with one attached hydrogen (secondary N) is 2. The molecule has 4 aliphatic rings. The number of H-pyrrole nitrogens is 1. The number of nitrogens with zero attached hydrogens (tertiary/aromatic N) is 4. The van der Waals surface area contributed by atoms with E-state index in [1.807, 2.05) is 54.0 Å². The Hall–Kier alpha value is -4.85. The van der Waals surface area contributed by atoms with Gasteiger partial charge in [0.2, 0.25) is 5.91 Å².